The molecule has 1 aliphatic rings. The lowest BCUT2D eigenvalue weighted by atomic mass is 9.75. The highest BCUT2D eigenvalue weighted by atomic mass is 35.5. The molecule has 184 valence electrons. The number of fused-ring (bicyclic) bond motifs is 1. The summed E-state index contributed by atoms with van der Waals surface area (Å²) in [6.45, 7) is 16.2. The first-order chi connectivity index (χ1) is 16.6. The lowest BCUT2D eigenvalue weighted by molar-refractivity contribution is -0.191. The second kappa shape index (κ2) is 11.1. The van der Waals surface area contributed by atoms with E-state index in [1.807, 2.05) is 6.92 Å². The summed E-state index contributed by atoms with van der Waals surface area (Å²) in [5.41, 5.74) is 2.27. The van der Waals surface area contributed by atoms with E-state index in [1.165, 1.54) is 0 Å². The molecule has 4 rings (SSSR count). The van der Waals surface area contributed by atoms with Crippen molar-refractivity contribution in [3.8, 4) is 11.4 Å². The van der Waals surface area contributed by atoms with Crippen LogP contribution in [0.25, 0.3) is 21.9 Å². The Hall–Kier alpha value is -3.11. The number of aromatic amines is 1. The molecule has 1 saturated carbocycles. The average Bonchev–Trinajstić information content (AvgIpc) is 3.32. The molecule has 2 heterocycles. The number of esters is 1. The van der Waals surface area contributed by atoms with E-state index in [-0.39, 0.29) is 35.3 Å². The maximum Gasteiger partial charge on any atom is 0.373 e. The van der Waals surface area contributed by atoms with Gasteiger partial charge in [-0.2, -0.15) is 9.59 Å². The van der Waals surface area contributed by atoms with Gasteiger partial charge in [-0.1, -0.05) is 50.9 Å². The highest BCUT2D eigenvalue weighted by Gasteiger charge is 2.36. The third kappa shape index (κ3) is 5.43. The largest absolute Gasteiger partial charge is 0.459 e. The van der Waals surface area contributed by atoms with Gasteiger partial charge in [0.05, 0.1) is 6.57 Å². The SMILES string of the molecule is O=C=O.[C-]#[N+]c1c(C(=O)OC2C(C)CC(C)CC2C)c2nc(-c3cc(Cl)cc(Cl)c3)[nH]n2c1CC. The summed E-state index contributed by atoms with van der Waals surface area (Å²) >= 11 is 12.3. The van der Waals surface area contributed by atoms with E-state index in [2.05, 4.69) is 35.7 Å². The summed E-state index contributed by atoms with van der Waals surface area (Å²) in [5, 5.41) is 4.17. The van der Waals surface area contributed by atoms with Gasteiger partial charge in [0.25, 0.3) is 0 Å². The van der Waals surface area contributed by atoms with Crippen molar-refractivity contribution in [1.82, 2.24) is 14.6 Å². The third-order valence-electron chi connectivity index (χ3n) is 6.35. The fourth-order valence-corrected chi connectivity index (χ4v) is 5.65. The van der Waals surface area contributed by atoms with Crippen molar-refractivity contribution in [2.75, 3.05) is 0 Å². The number of aryl methyl sites for hydroxylation is 1. The molecule has 10 heteroatoms. The quantitative estimate of drug-likeness (QED) is 0.319. The highest BCUT2D eigenvalue weighted by Crippen LogP contribution is 2.38. The lowest BCUT2D eigenvalue weighted by Gasteiger charge is -2.37. The van der Waals surface area contributed by atoms with Crippen LogP contribution >= 0.6 is 23.2 Å². The van der Waals surface area contributed by atoms with Crippen LogP contribution in [0.2, 0.25) is 10.0 Å². The molecule has 35 heavy (non-hydrogen) atoms. The Morgan fingerprint density at radius 2 is 1.77 bits per heavy atom. The topological polar surface area (TPSA) is 97.9 Å². The number of benzene rings is 1. The van der Waals surface area contributed by atoms with Gasteiger partial charge in [0.1, 0.15) is 11.7 Å². The molecule has 8 nitrogen and oxygen atoms in total. The number of halogens is 2. The summed E-state index contributed by atoms with van der Waals surface area (Å²) in [4.78, 5) is 38.0. The molecule has 0 bridgehead atoms. The average molecular weight is 517 g/mol. The summed E-state index contributed by atoms with van der Waals surface area (Å²) in [5.74, 6) is 1.16. The van der Waals surface area contributed by atoms with Gasteiger partial charge in [-0.05, 0) is 55.2 Å². The Morgan fingerprint density at radius 1 is 1.20 bits per heavy atom. The molecular weight excluding hydrogens is 491 g/mol. The van der Waals surface area contributed by atoms with E-state index in [0.717, 1.165) is 12.8 Å². The van der Waals surface area contributed by atoms with Gasteiger partial charge >= 0.3 is 12.1 Å². The van der Waals surface area contributed by atoms with Crippen molar-refractivity contribution < 1.29 is 19.1 Å². The van der Waals surface area contributed by atoms with Crippen molar-refractivity contribution in [2.45, 2.75) is 53.1 Å². The second-order valence-corrected chi connectivity index (χ2v) is 9.88. The summed E-state index contributed by atoms with van der Waals surface area (Å²) in [7, 11) is 0. The monoisotopic (exact) mass is 516 g/mol. The van der Waals surface area contributed by atoms with Crippen LogP contribution in [0.1, 0.15) is 56.6 Å². The molecule has 0 radical (unpaired) electrons. The smallest absolute Gasteiger partial charge is 0.373 e. The van der Waals surface area contributed by atoms with Crippen molar-refractivity contribution in [1.29, 1.82) is 0 Å². The molecule has 1 N–H and O–H groups in total. The number of carbonyl (C=O) groups excluding carboxylic acids is 3. The first kappa shape index (κ1) is 26.5. The van der Waals surface area contributed by atoms with Crippen molar-refractivity contribution in [3.05, 3.63) is 50.9 Å². The van der Waals surface area contributed by atoms with Crippen molar-refractivity contribution in [3.63, 3.8) is 0 Å². The molecular formula is C25H26Cl2N4O4. The maximum absolute atomic E-state index is 13.4. The van der Waals surface area contributed by atoms with E-state index in [1.54, 1.807) is 22.7 Å². The van der Waals surface area contributed by atoms with Crippen LogP contribution in [-0.2, 0) is 20.7 Å². The molecule has 0 aliphatic heterocycles. The fourth-order valence-electron chi connectivity index (χ4n) is 5.12. The number of carbonyl (C=O) groups is 1. The van der Waals surface area contributed by atoms with Gasteiger partial charge in [0.15, 0.2) is 11.5 Å². The molecule has 2 atom stereocenters. The van der Waals surface area contributed by atoms with Crippen LogP contribution in [0.15, 0.2) is 18.2 Å². The van der Waals surface area contributed by atoms with E-state index in [9.17, 15) is 4.79 Å². The Kier molecular flexibility index (Phi) is 8.39. The zero-order valence-electron chi connectivity index (χ0n) is 19.9. The summed E-state index contributed by atoms with van der Waals surface area (Å²) < 4.78 is 7.72. The predicted octanol–water partition coefficient (Wildman–Crippen LogP) is 6.39. The minimum atomic E-state index is -0.492. The lowest BCUT2D eigenvalue weighted by Crippen LogP contribution is -2.37. The van der Waals surface area contributed by atoms with Crippen LogP contribution in [0, 0.1) is 24.3 Å². The molecule has 3 aromatic rings. The van der Waals surface area contributed by atoms with Crippen LogP contribution < -0.4 is 0 Å². The normalized spacial score (nSPS) is 21.5. The number of nitrogens with one attached hydrogen (secondary N) is 1. The van der Waals surface area contributed by atoms with Crippen molar-refractivity contribution in [2.24, 2.45) is 17.8 Å². The minimum absolute atomic E-state index is 0.178. The Morgan fingerprint density at radius 3 is 2.29 bits per heavy atom. The van der Waals surface area contributed by atoms with E-state index >= 15 is 0 Å². The molecule has 0 spiro atoms. The highest BCUT2D eigenvalue weighted by molar-refractivity contribution is 6.35. The number of H-pyrrole nitrogens is 1. The van der Waals surface area contributed by atoms with E-state index in [0.29, 0.717) is 45.1 Å². The Bertz CT molecular complexity index is 1280. The number of nitrogens with zero attached hydrogens (tertiary/aromatic N) is 3. The second-order valence-electron chi connectivity index (χ2n) is 9.01. The van der Waals surface area contributed by atoms with Crippen LogP contribution in [0.4, 0.5) is 5.69 Å². The third-order valence-corrected chi connectivity index (χ3v) is 6.79. The minimum Gasteiger partial charge on any atom is -0.459 e. The van der Waals surface area contributed by atoms with Crippen LogP contribution in [-0.4, -0.2) is 32.8 Å². The number of hydrogen-bond acceptors (Lipinski definition) is 5. The number of ether oxygens (including phenoxy) is 1. The standard InChI is InChI=1S/C24H26Cl2N4O2.CO2/c1-6-18-20(27-5)19(24(31)32-21-13(3)7-12(2)8-14(21)4)23-28-22(29-30(18)23)15-9-16(25)11-17(26)10-15;2-1-3/h9-14,21H,6-8H2,1-4H3,(H,28,29);. The molecule has 1 aliphatic carbocycles. The molecule has 2 aromatic heterocycles. The van der Waals surface area contributed by atoms with Gasteiger partial charge in [-0.25, -0.2) is 14.6 Å². The molecule has 1 fully saturated rings. The first-order valence-corrected chi connectivity index (χ1v) is 12.1. The van der Waals surface area contributed by atoms with Gasteiger partial charge in [-0.15, -0.1) is 0 Å². The van der Waals surface area contributed by atoms with Crippen LogP contribution in [0.5, 0.6) is 0 Å². The van der Waals surface area contributed by atoms with Crippen molar-refractivity contribution >= 4 is 46.7 Å². The summed E-state index contributed by atoms with van der Waals surface area (Å²) in [6.07, 6.45) is 2.66. The van der Waals surface area contributed by atoms with Gasteiger partial charge in [-0.3, -0.25) is 9.61 Å². The van der Waals surface area contributed by atoms with Crippen LogP contribution in [0.3, 0.4) is 0 Å². The summed E-state index contributed by atoms with van der Waals surface area (Å²) in [6, 6.07) is 5.14. The number of aromatic nitrogens is 3. The Labute approximate surface area is 213 Å². The number of rotatable bonds is 4. The molecule has 1 aromatic carbocycles. The van der Waals surface area contributed by atoms with Gasteiger partial charge < -0.3 is 4.74 Å². The fraction of sp³-hybridized carbons (Fsp3) is 0.440. The maximum atomic E-state index is 13.4. The van der Waals surface area contributed by atoms with Gasteiger partial charge in [0, 0.05) is 21.3 Å². The zero-order valence-corrected chi connectivity index (χ0v) is 21.4. The molecule has 2 unspecified atom stereocenters. The first-order valence-electron chi connectivity index (χ1n) is 11.3. The molecule has 0 saturated heterocycles. The number of hydrogen-bond donors (Lipinski definition) is 1. The predicted molar refractivity (Wildman–Crippen MR) is 132 cm³/mol. The molecule has 0 amide bonds. The Balaban J connectivity index is 0.00000108. The zero-order chi connectivity index (χ0) is 25.9. The van der Waals surface area contributed by atoms with Gasteiger partial charge in [0.2, 0.25) is 5.69 Å². The van der Waals surface area contributed by atoms with E-state index in [4.69, 9.17) is 44.1 Å². The van der Waals surface area contributed by atoms with E-state index < -0.39 is 5.97 Å².